The molecule has 2 amide bonds. The summed E-state index contributed by atoms with van der Waals surface area (Å²) in [6.07, 6.45) is 6.27. The van der Waals surface area contributed by atoms with Crippen molar-refractivity contribution in [3.05, 3.63) is 35.4 Å². The second-order valence-corrected chi connectivity index (χ2v) is 7.93. The zero-order chi connectivity index (χ0) is 19.9. The lowest BCUT2D eigenvalue weighted by molar-refractivity contribution is -0.124. The van der Waals surface area contributed by atoms with Gasteiger partial charge in [0.2, 0.25) is 5.91 Å². The Labute approximate surface area is 164 Å². The first-order valence-electron chi connectivity index (χ1n) is 10.3. The summed E-state index contributed by atoms with van der Waals surface area (Å²) in [5.74, 6) is -1.19. The molecule has 0 atom stereocenters. The van der Waals surface area contributed by atoms with Crippen molar-refractivity contribution in [3.8, 4) is 0 Å². The van der Waals surface area contributed by atoms with E-state index < -0.39 is 17.5 Å². The third-order valence-corrected chi connectivity index (χ3v) is 5.84. The van der Waals surface area contributed by atoms with Gasteiger partial charge in [0, 0.05) is 37.2 Å². The Hall–Kier alpha value is -2.02. The smallest absolute Gasteiger partial charge is 0.251 e. The number of halogens is 2. The zero-order valence-electron chi connectivity index (χ0n) is 16.2. The van der Waals surface area contributed by atoms with Gasteiger partial charge in [0.1, 0.15) is 11.6 Å². The Bertz CT molecular complexity index is 664. The van der Waals surface area contributed by atoms with E-state index in [4.69, 9.17) is 0 Å². The van der Waals surface area contributed by atoms with Crippen molar-refractivity contribution in [2.45, 2.75) is 38.5 Å². The van der Waals surface area contributed by atoms with Crippen LogP contribution in [0.4, 0.5) is 8.78 Å². The second kappa shape index (κ2) is 9.96. The van der Waals surface area contributed by atoms with E-state index in [0.717, 1.165) is 76.4 Å². The summed E-state index contributed by atoms with van der Waals surface area (Å²) in [5.41, 5.74) is 0.00735. The summed E-state index contributed by atoms with van der Waals surface area (Å²) in [6, 6.07) is 2.84. The van der Waals surface area contributed by atoms with Gasteiger partial charge in [0.15, 0.2) is 0 Å². The van der Waals surface area contributed by atoms with Crippen LogP contribution < -0.4 is 10.6 Å². The molecule has 7 heteroatoms. The van der Waals surface area contributed by atoms with Crippen molar-refractivity contribution in [3.63, 3.8) is 0 Å². The van der Waals surface area contributed by atoms with Crippen molar-refractivity contribution in [2.75, 3.05) is 32.7 Å². The van der Waals surface area contributed by atoms with Gasteiger partial charge in [-0.15, -0.1) is 0 Å². The molecule has 2 fully saturated rings. The first-order valence-corrected chi connectivity index (χ1v) is 10.3. The first-order chi connectivity index (χ1) is 13.5. The van der Waals surface area contributed by atoms with Crippen molar-refractivity contribution in [1.82, 2.24) is 15.5 Å². The molecule has 0 bridgehead atoms. The molecule has 2 aliphatic rings. The number of amides is 2. The van der Waals surface area contributed by atoms with E-state index in [0.29, 0.717) is 19.0 Å². The van der Waals surface area contributed by atoms with Crippen LogP contribution in [0, 0.1) is 23.5 Å². The predicted octanol–water partition coefficient (Wildman–Crippen LogP) is 2.71. The van der Waals surface area contributed by atoms with Crippen LogP contribution in [0.3, 0.4) is 0 Å². The lowest BCUT2D eigenvalue weighted by atomic mass is 9.96. The summed E-state index contributed by atoms with van der Waals surface area (Å²) < 4.78 is 26.4. The number of nitrogens with zero attached hydrogens (tertiary/aromatic N) is 1. The third kappa shape index (κ3) is 5.99. The summed E-state index contributed by atoms with van der Waals surface area (Å²) in [5, 5.41) is 5.83. The highest BCUT2D eigenvalue weighted by Gasteiger charge is 2.23. The van der Waals surface area contributed by atoms with Gasteiger partial charge < -0.3 is 15.5 Å². The maximum atomic E-state index is 13.2. The molecule has 0 spiro atoms. The van der Waals surface area contributed by atoms with E-state index >= 15 is 0 Å². The minimum absolute atomic E-state index is 0.00735. The van der Waals surface area contributed by atoms with Crippen molar-refractivity contribution in [2.24, 2.45) is 11.8 Å². The fourth-order valence-corrected chi connectivity index (χ4v) is 4.11. The van der Waals surface area contributed by atoms with Gasteiger partial charge >= 0.3 is 0 Å². The molecule has 5 nitrogen and oxygen atoms in total. The monoisotopic (exact) mass is 393 g/mol. The highest BCUT2D eigenvalue weighted by molar-refractivity contribution is 5.94. The van der Waals surface area contributed by atoms with Crippen LogP contribution in [-0.4, -0.2) is 49.4 Å². The van der Waals surface area contributed by atoms with Crippen molar-refractivity contribution >= 4 is 11.8 Å². The number of hydrogen-bond acceptors (Lipinski definition) is 3. The van der Waals surface area contributed by atoms with Gasteiger partial charge in [-0.25, -0.2) is 8.78 Å². The number of carbonyl (C=O) groups excluding carboxylic acids is 2. The molecule has 154 valence electrons. The predicted molar refractivity (Wildman–Crippen MR) is 103 cm³/mol. The minimum Gasteiger partial charge on any atom is -0.355 e. The maximum absolute atomic E-state index is 13.2. The Morgan fingerprint density at radius 2 is 1.61 bits per heavy atom. The zero-order valence-corrected chi connectivity index (χ0v) is 16.2. The summed E-state index contributed by atoms with van der Waals surface area (Å²) in [6.45, 7) is 3.88. The van der Waals surface area contributed by atoms with Gasteiger partial charge in [-0.2, -0.15) is 0 Å². The summed E-state index contributed by atoms with van der Waals surface area (Å²) in [7, 11) is 0. The third-order valence-electron chi connectivity index (χ3n) is 5.84. The number of hydrogen-bond donors (Lipinski definition) is 2. The number of benzene rings is 1. The lowest BCUT2D eigenvalue weighted by Crippen LogP contribution is -2.42. The van der Waals surface area contributed by atoms with Crippen LogP contribution in [0.2, 0.25) is 0 Å². The van der Waals surface area contributed by atoms with Crippen LogP contribution in [0.25, 0.3) is 0 Å². The molecule has 0 aromatic heterocycles. The second-order valence-electron chi connectivity index (χ2n) is 7.93. The van der Waals surface area contributed by atoms with Gasteiger partial charge in [-0.3, -0.25) is 9.59 Å². The Morgan fingerprint density at radius 3 is 2.25 bits per heavy atom. The topological polar surface area (TPSA) is 61.4 Å². The van der Waals surface area contributed by atoms with E-state index in [1.54, 1.807) is 0 Å². The van der Waals surface area contributed by atoms with Gasteiger partial charge in [-0.05, 0) is 56.8 Å². The number of nitrogens with one attached hydrogen (secondary N) is 2. The number of piperidine rings is 1. The Morgan fingerprint density at radius 1 is 0.964 bits per heavy atom. The molecule has 1 aromatic rings. The van der Waals surface area contributed by atoms with E-state index in [1.807, 2.05) is 0 Å². The summed E-state index contributed by atoms with van der Waals surface area (Å²) >= 11 is 0. The highest BCUT2D eigenvalue weighted by atomic mass is 19.1. The van der Waals surface area contributed by atoms with E-state index in [2.05, 4.69) is 15.5 Å². The highest BCUT2D eigenvalue weighted by Crippen LogP contribution is 2.24. The fraction of sp³-hybridized carbons (Fsp3) is 0.619. The molecule has 3 rings (SSSR count). The molecular formula is C21H29F2N3O2. The quantitative estimate of drug-likeness (QED) is 0.749. The first kappa shape index (κ1) is 20.7. The SMILES string of the molecule is O=C(NCC1CCN(CCNC(=O)C2CCCC2)CC1)c1cc(F)cc(F)c1. The fourth-order valence-electron chi connectivity index (χ4n) is 4.11. The average Bonchev–Trinajstić information content (AvgIpc) is 3.21. The van der Waals surface area contributed by atoms with E-state index in [-0.39, 0.29) is 17.4 Å². The molecule has 1 saturated carbocycles. The van der Waals surface area contributed by atoms with Gasteiger partial charge in [-0.1, -0.05) is 12.8 Å². The van der Waals surface area contributed by atoms with Gasteiger partial charge in [0.25, 0.3) is 5.91 Å². The standard InChI is InChI=1S/C21H29F2N3O2/c22-18-11-17(12-19(23)13-18)21(28)25-14-15-5-8-26(9-6-15)10-7-24-20(27)16-3-1-2-4-16/h11-13,15-16H,1-10,14H2,(H,24,27)(H,25,28). The Balaban J connectivity index is 1.31. The molecule has 1 aliphatic carbocycles. The molecule has 1 aromatic carbocycles. The molecule has 0 unspecified atom stereocenters. The number of likely N-dealkylation sites (tertiary alicyclic amines) is 1. The maximum Gasteiger partial charge on any atom is 0.251 e. The van der Waals surface area contributed by atoms with Crippen molar-refractivity contribution < 1.29 is 18.4 Å². The Kier molecular flexibility index (Phi) is 7.36. The van der Waals surface area contributed by atoms with Crippen LogP contribution in [-0.2, 0) is 4.79 Å². The summed E-state index contributed by atoms with van der Waals surface area (Å²) in [4.78, 5) is 26.4. The molecule has 28 heavy (non-hydrogen) atoms. The number of rotatable bonds is 7. The van der Waals surface area contributed by atoms with Crippen LogP contribution >= 0.6 is 0 Å². The molecule has 2 N–H and O–H groups in total. The van der Waals surface area contributed by atoms with Crippen molar-refractivity contribution in [1.29, 1.82) is 0 Å². The minimum atomic E-state index is -0.751. The molecular weight excluding hydrogens is 364 g/mol. The largest absolute Gasteiger partial charge is 0.355 e. The average molecular weight is 393 g/mol. The van der Waals surface area contributed by atoms with E-state index in [1.165, 1.54) is 0 Å². The molecule has 1 saturated heterocycles. The van der Waals surface area contributed by atoms with Crippen LogP contribution in [0.1, 0.15) is 48.9 Å². The van der Waals surface area contributed by atoms with Crippen LogP contribution in [0.5, 0.6) is 0 Å². The van der Waals surface area contributed by atoms with Crippen LogP contribution in [0.15, 0.2) is 18.2 Å². The van der Waals surface area contributed by atoms with E-state index in [9.17, 15) is 18.4 Å². The van der Waals surface area contributed by atoms with Gasteiger partial charge in [0.05, 0.1) is 0 Å². The number of carbonyl (C=O) groups is 2. The molecule has 1 heterocycles. The molecule has 1 aliphatic heterocycles. The normalized spacial score (nSPS) is 18.9. The lowest BCUT2D eigenvalue weighted by Gasteiger charge is -2.32. The molecule has 0 radical (unpaired) electrons.